The minimum absolute atomic E-state index is 0.0305. The molecule has 16 heavy (non-hydrogen) atoms. The normalized spacial score (nSPS) is 23.1. The van der Waals surface area contributed by atoms with Gasteiger partial charge in [0.25, 0.3) is 0 Å². The molecule has 0 aromatic heterocycles. The zero-order chi connectivity index (χ0) is 11.5. The Balaban J connectivity index is 2.12. The van der Waals surface area contributed by atoms with Gasteiger partial charge in [-0.2, -0.15) is 0 Å². The van der Waals surface area contributed by atoms with Crippen molar-refractivity contribution in [2.75, 3.05) is 13.2 Å². The van der Waals surface area contributed by atoms with Crippen LogP contribution < -0.4 is 0 Å². The molecule has 0 radical (unpaired) electrons. The summed E-state index contributed by atoms with van der Waals surface area (Å²) in [6.07, 6.45) is 2.07. The van der Waals surface area contributed by atoms with Gasteiger partial charge < -0.3 is 4.74 Å². The molecule has 1 aromatic rings. The fourth-order valence-electron chi connectivity index (χ4n) is 1.95. The van der Waals surface area contributed by atoms with E-state index in [0.717, 1.165) is 25.0 Å². The Hall–Kier alpha value is -0.480. The number of ether oxygens (including phenoxy) is 1. The van der Waals surface area contributed by atoms with Crippen LogP contribution in [0.3, 0.4) is 0 Å². The van der Waals surface area contributed by atoms with Crippen molar-refractivity contribution in [1.82, 2.24) is 0 Å². The molecule has 1 nitrogen and oxygen atoms in total. The molecule has 1 aromatic carbocycles. The van der Waals surface area contributed by atoms with Crippen LogP contribution in [-0.4, -0.2) is 13.2 Å². The molecule has 0 N–H and O–H groups in total. The highest BCUT2D eigenvalue weighted by Gasteiger charge is 2.24. The Bertz CT molecular complexity index is 364. The first-order valence-corrected chi connectivity index (χ1v) is 6.27. The summed E-state index contributed by atoms with van der Waals surface area (Å²) in [7, 11) is 0. The Labute approximate surface area is 102 Å². The Morgan fingerprint density at radius 2 is 2.12 bits per heavy atom. The third-order valence-electron chi connectivity index (χ3n) is 2.87. The van der Waals surface area contributed by atoms with Crippen LogP contribution >= 0.6 is 15.9 Å². The van der Waals surface area contributed by atoms with Crippen molar-refractivity contribution in [3.05, 3.63) is 35.4 Å². The first kappa shape index (κ1) is 12.0. The SMILES string of the molecule is Fc1ccc(C(Br)C2CCCOC2)cc1F. The van der Waals surface area contributed by atoms with Gasteiger partial charge in [-0.3, -0.25) is 0 Å². The summed E-state index contributed by atoms with van der Waals surface area (Å²) in [5.74, 6) is -1.26. The van der Waals surface area contributed by atoms with Gasteiger partial charge in [0.05, 0.1) is 6.61 Å². The molecule has 0 aliphatic carbocycles. The van der Waals surface area contributed by atoms with E-state index in [2.05, 4.69) is 15.9 Å². The van der Waals surface area contributed by atoms with Crippen LogP contribution in [0.4, 0.5) is 8.78 Å². The molecule has 2 unspecified atom stereocenters. The molecule has 0 saturated carbocycles. The predicted molar refractivity (Wildman–Crippen MR) is 61.6 cm³/mol. The average Bonchev–Trinajstić information content (AvgIpc) is 2.33. The van der Waals surface area contributed by atoms with Gasteiger partial charge in [-0.25, -0.2) is 8.78 Å². The average molecular weight is 291 g/mol. The van der Waals surface area contributed by atoms with E-state index in [-0.39, 0.29) is 4.83 Å². The van der Waals surface area contributed by atoms with E-state index in [1.165, 1.54) is 12.1 Å². The molecule has 2 atom stereocenters. The van der Waals surface area contributed by atoms with Crippen LogP contribution in [0.5, 0.6) is 0 Å². The highest BCUT2D eigenvalue weighted by Crippen LogP contribution is 2.36. The number of halogens is 3. The van der Waals surface area contributed by atoms with Gasteiger partial charge in [0.15, 0.2) is 11.6 Å². The summed E-state index contributed by atoms with van der Waals surface area (Å²) >= 11 is 3.54. The number of alkyl halides is 1. The fourth-order valence-corrected chi connectivity index (χ4v) is 2.65. The molecule has 88 valence electrons. The number of hydrogen-bond acceptors (Lipinski definition) is 1. The Morgan fingerprint density at radius 3 is 2.75 bits per heavy atom. The summed E-state index contributed by atoms with van der Waals surface area (Å²) in [6, 6.07) is 4.04. The summed E-state index contributed by atoms with van der Waals surface area (Å²) in [6.45, 7) is 1.48. The van der Waals surface area contributed by atoms with E-state index in [4.69, 9.17) is 4.74 Å². The molecule has 0 amide bonds. The van der Waals surface area contributed by atoms with Crippen molar-refractivity contribution in [1.29, 1.82) is 0 Å². The number of hydrogen-bond donors (Lipinski definition) is 0. The lowest BCUT2D eigenvalue weighted by Crippen LogP contribution is -2.21. The molecule has 2 rings (SSSR count). The smallest absolute Gasteiger partial charge is 0.159 e. The lowest BCUT2D eigenvalue weighted by atomic mass is 9.94. The lowest BCUT2D eigenvalue weighted by Gasteiger charge is -2.26. The Kier molecular flexibility index (Phi) is 3.92. The van der Waals surface area contributed by atoms with Gasteiger partial charge in [-0.1, -0.05) is 22.0 Å². The van der Waals surface area contributed by atoms with Crippen molar-refractivity contribution < 1.29 is 13.5 Å². The highest BCUT2D eigenvalue weighted by molar-refractivity contribution is 9.09. The van der Waals surface area contributed by atoms with Crippen LogP contribution in [0.15, 0.2) is 18.2 Å². The van der Waals surface area contributed by atoms with Gasteiger partial charge in [-0.15, -0.1) is 0 Å². The topological polar surface area (TPSA) is 9.23 Å². The number of rotatable bonds is 2. The quantitative estimate of drug-likeness (QED) is 0.752. The maximum absolute atomic E-state index is 13.1. The van der Waals surface area contributed by atoms with Crippen molar-refractivity contribution in [3.63, 3.8) is 0 Å². The van der Waals surface area contributed by atoms with Gasteiger partial charge in [0.2, 0.25) is 0 Å². The second kappa shape index (κ2) is 5.23. The largest absolute Gasteiger partial charge is 0.381 e. The second-order valence-corrected chi connectivity index (χ2v) is 5.04. The van der Waals surface area contributed by atoms with Crippen LogP contribution in [0.1, 0.15) is 23.2 Å². The first-order chi connectivity index (χ1) is 7.68. The molecule has 0 spiro atoms. The monoisotopic (exact) mass is 290 g/mol. The van der Waals surface area contributed by atoms with Gasteiger partial charge in [-0.05, 0) is 36.5 Å². The summed E-state index contributed by atoms with van der Waals surface area (Å²) in [4.78, 5) is 0.0305. The first-order valence-electron chi connectivity index (χ1n) is 5.35. The van der Waals surface area contributed by atoms with Crippen LogP contribution in [-0.2, 0) is 4.74 Å². The molecule has 1 aliphatic heterocycles. The molecule has 0 bridgehead atoms. The molecule has 1 fully saturated rings. The third-order valence-corrected chi connectivity index (χ3v) is 4.15. The molecule has 1 saturated heterocycles. The van der Waals surface area contributed by atoms with E-state index in [1.54, 1.807) is 6.07 Å². The maximum Gasteiger partial charge on any atom is 0.159 e. The van der Waals surface area contributed by atoms with E-state index in [1.807, 2.05) is 0 Å². The van der Waals surface area contributed by atoms with Crippen LogP contribution in [0, 0.1) is 17.6 Å². The van der Waals surface area contributed by atoms with E-state index in [9.17, 15) is 8.78 Å². The zero-order valence-corrected chi connectivity index (χ0v) is 10.3. The minimum Gasteiger partial charge on any atom is -0.381 e. The van der Waals surface area contributed by atoms with E-state index >= 15 is 0 Å². The maximum atomic E-state index is 13.1. The summed E-state index contributed by atoms with van der Waals surface area (Å²) < 4.78 is 31.2. The minimum atomic E-state index is -0.802. The summed E-state index contributed by atoms with van der Waals surface area (Å²) in [5.41, 5.74) is 0.773. The second-order valence-electron chi connectivity index (χ2n) is 4.05. The zero-order valence-electron chi connectivity index (χ0n) is 8.76. The molecular formula is C12H13BrF2O. The molecule has 1 aliphatic rings. The van der Waals surface area contributed by atoms with Crippen molar-refractivity contribution in [3.8, 4) is 0 Å². The van der Waals surface area contributed by atoms with Crippen molar-refractivity contribution in [2.45, 2.75) is 17.7 Å². The molecule has 1 heterocycles. The lowest BCUT2D eigenvalue weighted by molar-refractivity contribution is 0.0545. The highest BCUT2D eigenvalue weighted by atomic mass is 79.9. The van der Waals surface area contributed by atoms with Gasteiger partial charge >= 0.3 is 0 Å². The van der Waals surface area contributed by atoms with E-state index in [0.29, 0.717) is 12.5 Å². The molecule has 4 heteroatoms. The van der Waals surface area contributed by atoms with Crippen LogP contribution in [0.2, 0.25) is 0 Å². The molecular weight excluding hydrogens is 278 g/mol. The van der Waals surface area contributed by atoms with Crippen LogP contribution in [0.25, 0.3) is 0 Å². The van der Waals surface area contributed by atoms with Crippen molar-refractivity contribution >= 4 is 15.9 Å². The third kappa shape index (κ3) is 2.61. The number of benzene rings is 1. The van der Waals surface area contributed by atoms with Crippen molar-refractivity contribution in [2.24, 2.45) is 5.92 Å². The predicted octanol–water partition coefficient (Wildman–Crippen LogP) is 3.83. The summed E-state index contributed by atoms with van der Waals surface area (Å²) in [5, 5.41) is 0. The standard InChI is InChI=1S/C12H13BrF2O/c13-12(9-2-1-5-16-7-9)8-3-4-10(14)11(15)6-8/h3-4,6,9,12H,1-2,5,7H2. The van der Waals surface area contributed by atoms with Gasteiger partial charge in [0, 0.05) is 11.4 Å². The van der Waals surface area contributed by atoms with E-state index < -0.39 is 11.6 Å². The Morgan fingerprint density at radius 1 is 1.31 bits per heavy atom. The van der Waals surface area contributed by atoms with Gasteiger partial charge in [0.1, 0.15) is 0 Å². The fraction of sp³-hybridized carbons (Fsp3) is 0.500.